The van der Waals surface area contributed by atoms with Gasteiger partial charge in [0.15, 0.2) is 5.04 Å². The molecule has 5 rings (SSSR count). The number of hydrogen-bond donors (Lipinski definition) is 3. The van der Waals surface area contributed by atoms with Crippen molar-refractivity contribution in [2.45, 2.75) is 57.7 Å². The number of hydrazone groups is 1. The largest absolute Gasteiger partial charge is 0.494 e. The number of thioether (sulfide) groups is 1. The number of halogens is 2. The van der Waals surface area contributed by atoms with E-state index in [9.17, 15) is 18.7 Å². The van der Waals surface area contributed by atoms with Crippen LogP contribution in [0.3, 0.4) is 0 Å². The topological polar surface area (TPSA) is 115 Å². The fourth-order valence-electron chi connectivity index (χ4n) is 4.54. The molecule has 1 aliphatic carbocycles. The van der Waals surface area contributed by atoms with Crippen LogP contribution in [0.4, 0.5) is 14.6 Å². The molecule has 2 unspecified atom stereocenters. The highest BCUT2D eigenvalue weighted by Gasteiger charge is 2.34. The Labute approximate surface area is 250 Å². The summed E-state index contributed by atoms with van der Waals surface area (Å²) in [7, 11) is 3.29. The maximum Gasteiger partial charge on any atom is 0.280 e. The molecule has 1 saturated heterocycles. The number of alkyl halides is 2. The summed E-state index contributed by atoms with van der Waals surface area (Å²) in [6.45, 7) is 6.96. The van der Waals surface area contributed by atoms with Gasteiger partial charge in [-0.15, -0.1) is 0 Å². The number of ether oxygens (including phenoxy) is 1. The molecule has 2 atom stereocenters. The molecular formula is C29H39F2N7O3S. The van der Waals surface area contributed by atoms with Gasteiger partial charge in [0.05, 0.1) is 19.9 Å². The summed E-state index contributed by atoms with van der Waals surface area (Å²) in [5.74, 6) is 7.09. The average molecular weight is 604 g/mol. The van der Waals surface area contributed by atoms with Crippen molar-refractivity contribution in [2.24, 2.45) is 11.0 Å². The summed E-state index contributed by atoms with van der Waals surface area (Å²) in [6, 6.07) is 2.86. The third-order valence-electron chi connectivity index (χ3n) is 6.83. The molecular weight excluding hydrogens is 564 g/mol. The molecule has 42 heavy (non-hydrogen) atoms. The van der Waals surface area contributed by atoms with Gasteiger partial charge in [0.25, 0.3) is 6.43 Å². The molecule has 3 N–H and O–H groups in total. The van der Waals surface area contributed by atoms with Gasteiger partial charge in [-0.2, -0.15) is 5.10 Å². The van der Waals surface area contributed by atoms with Crippen LogP contribution in [0, 0.1) is 17.8 Å². The lowest BCUT2D eigenvalue weighted by atomic mass is 9.94. The minimum Gasteiger partial charge on any atom is -0.494 e. The standard InChI is InChI=1S/C27H31F2N7O3S.C2H6.H2/c1-27(38,32-26-34-33-23(40-26)8-7-16-5-6-16)19-13-31-22(36-10-4-9-35(2)15-24(36)37)12-17(19)18-11-20(25(28)29)30-14-21(18)39-3;1-2;/h11-14,16,25-26,32,34,38H,4-6,9-10,15H2,1-3H3;1-2H3;1H. The number of aromatic nitrogens is 2. The van der Waals surface area contributed by atoms with Crippen molar-refractivity contribution in [3.8, 4) is 28.7 Å². The number of amides is 1. The van der Waals surface area contributed by atoms with Gasteiger partial charge >= 0.3 is 0 Å². The molecule has 0 bridgehead atoms. The van der Waals surface area contributed by atoms with Gasteiger partial charge in [0, 0.05) is 37.8 Å². The molecule has 1 amide bonds. The summed E-state index contributed by atoms with van der Waals surface area (Å²) in [6.07, 6.45) is 2.81. The van der Waals surface area contributed by atoms with E-state index in [-0.39, 0.29) is 25.2 Å². The maximum absolute atomic E-state index is 13.7. The maximum atomic E-state index is 13.7. The molecule has 0 aromatic carbocycles. The van der Waals surface area contributed by atoms with Crippen LogP contribution in [0.5, 0.6) is 5.75 Å². The van der Waals surface area contributed by atoms with E-state index < -0.39 is 23.3 Å². The number of pyridine rings is 2. The van der Waals surface area contributed by atoms with Crippen LogP contribution in [-0.4, -0.2) is 70.2 Å². The Morgan fingerprint density at radius 1 is 1.24 bits per heavy atom. The lowest BCUT2D eigenvalue weighted by Crippen LogP contribution is -2.48. The van der Waals surface area contributed by atoms with Gasteiger partial charge in [-0.05, 0) is 56.9 Å². The Kier molecular flexibility index (Phi) is 10.4. The minimum absolute atomic E-state index is 0. The van der Waals surface area contributed by atoms with E-state index >= 15 is 0 Å². The van der Waals surface area contributed by atoms with Gasteiger partial charge in [-0.1, -0.05) is 31.5 Å². The number of carbonyl (C=O) groups is 1. The third-order valence-corrected chi connectivity index (χ3v) is 7.70. The first-order valence-corrected chi connectivity index (χ1v) is 14.9. The SMILES string of the molecule is CC.COc1cnc(C(F)F)cc1-c1cc(N2CCCN(C)CC2=O)ncc1C(C)(O)NC1NN=C(C#CC2CC2)S1.[HH]. The van der Waals surface area contributed by atoms with Crippen LogP contribution in [0.1, 0.15) is 59.1 Å². The third kappa shape index (κ3) is 7.55. The average Bonchev–Trinajstić information content (AvgIpc) is 3.74. The summed E-state index contributed by atoms with van der Waals surface area (Å²) in [5, 5.41) is 19.6. The Hall–Kier alpha value is -3.31. The zero-order chi connectivity index (χ0) is 30.4. The first-order valence-electron chi connectivity index (χ1n) is 14.0. The lowest BCUT2D eigenvalue weighted by molar-refractivity contribution is -0.118. The number of rotatable bonds is 7. The van der Waals surface area contributed by atoms with E-state index in [1.54, 1.807) is 11.0 Å². The molecule has 10 nitrogen and oxygen atoms in total. The Morgan fingerprint density at radius 2 is 2.00 bits per heavy atom. The molecule has 0 spiro atoms. The second kappa shape index (κ2) is 13.8. The summed E-state index contributed by atoms with van der Waals surface area (Å²) < 4.78 is 32.9. The Bertz CT molecular complexity index is 1380. The Morgan fingerprint density at radius 3 is 2.69 bits per heavy atom. The molecule has 0 radical (unpaired) electrons. The first-order chi connectivity index (χ1) is 20.1. The highest BCUT2D eigenvalue weighted by molar-refractivity contribution is 8.15. The van der Waals surface area contributed by atoms with Crippen molar-refractivity contribution in [2.75, 3.05) is 38.7 Å². The van der Waals surface area contributed by atoms with E-state index in [0.29, 0.717) is 34.5 Å². The highest BCUT2D eigenvalue weighted by Crippen LogP contribution is 2.39. The predicted molar refractivity (Wildman–Crippen MR) is 162 cm³/mol. The highest BCUT2D eigenvalue weighted by atomic mass is 32.2. The number of carbonyl (C=O) groups excluding carboxylic acids is 1. The number of hydrogen-bond acceptors (Lipinski definition) is 10. The van der Waals surface area contributed by atoms with E-state index in [2.05, 4.69) is 37.7 Å². The molecule has 2 aromatic rings. The zero-order valence-corrected chi connectivity index (χ0v) is 25.3. The smallest absolute Gasteiger partial charge is 0.280 e. The second-order valence-corrected chi connectivity index (χ2v) is 11.2. The van der Waals surface area contributed by atoms with Gasteiger partial charge in [0.2, 0.25) is 5.91 Å². The van der Waals surface area contributed by atoms with Crippen molar-refractivity contribution >= 4 is 28.5 Å². The van der Waals surface area contributed by atoms with E-state index in [1.807, 2.05) is 25.8 Å². The molecule has 228 valence electrons. The van der Waals surface area contributed by atoms with Gasteiger partial charge in [0.1, 0.15) is 28.5 Å². The predicted octanol–water partition coefficient (Wildman–Crippen LogP) is 4.13. The summed E-state index contributed by atoms with van der Waals surface area (Å²) in [5.41, 5.74) is 1.21. The van der Waals surface area contributed by atoms with Gasteiger partial charge in [-0.25, -0.2) is 13.8 Å². The number of methoxy groups -OCH3 is 1. The van der Waals surface area contributed by atoms with E-state index in [0.717, 1.165) is 25.8 Å². The molecule has 3 aliphatic rings. The fraction of sp³-hybridized carbons (Fsp3) is 0.517. The van der Waals surface area contributed by atoms with Crippen LogP contribution in [-0.2, 0) is 10.5 Å². The van der Waals surface area contributed by atoms with Crippen molar-refractivity contribution < 1.29 is 24.8 Å². The van der Waals surface area contributed by atoms with Crippen molar-refractivity contribution in [3.63, 3.8) is 0 Å². The molecule has 1 saturated carbocycles. The van der Waals surface area contributed by atoms with Crippen LogP contribution in [0.2, 0.25) is 0 Å². The zero-order valence-electron chi connectivity index (χ0n) is 24.4. The first kappa shape index (κ1) is 31.6. The van der Waals surface area contributed by atoms with Crippen molar-refractivity contribution in [1.82, 2.24) is 25.6 Å². The molecule has 2 aliphatic heterocycles. The number of nitrogens with one attached hydrogen (secondary N) is 2. The van der Waals surface area contributed by atoms with Crippen LogP contribution in [0.25, 0.3) is 11.1 Å². The minimum atomic E-state index is -2.82. The normalized spacial score (nSPS) is 20.4. The van der Waals surface area contributed by atoms with Crippen LogP contribution < -0.4 is 20.4 Å². The van der Waals surface area contributed by atoms with Gasteiger partial charge in [-0.3, -0.25) is 30.3 Å². The molecule has 2 fully saturated rings. The van der Waals surface area contributed by atoms with E-state index in [4.69, 9.17) is 4.74 Å². The van der Waals surface area contributed by atoms with Crippen molar-refractivity contribution in [3.05, 3.63) is 35.8 Å². The molecule has 13 heteroatoms. The lowest BCUT2D eigenvalue weighted by Gasteiger charge is -2.31. The second-order valence-electron chi connectivity index (χ2n) is 10.1. The number of anilines is 1. The number of aliphatic hydroxyl groups is 1. The number of nitrogens with zero attached hydrogens (tertiary/aromatic N) is 5. The van der Waals surface area contributed by atoms with E-state index in [1.165, 1.54) is 44.3 Å². The Balaban J connectivity index is 0.00000165. The van der Waals surface area contributed by atoms with Crippen molar-refractivity contribution in [1.29, 1.82) is 0 Å². The van der Waals surface area contributed by atoms with Crippen LogP contribution in [0.15, 0.2) is 29.6 Å². The van der Waals surface area contributed by atoms with Crippen LogP contribution >= 0.6 is 11.8 Å². The summed E-state index contributed by atoms with van der Waals surface area (Å²) in [4.78, 5) is 24.9. The fourth-order valence-corrected chi connectivity index (χ4v) is 5.38. The number of likely N-dealkylation sites (N-methyl/N-ethyl adjacent to an activating group) is 1. The monoisotopic (exact) mass is 603 g/mol. The summed E-state index contributed by atoms with van der Waals surface area (Å²) >= 11 is 1.33. The van der Waals surface area contributed by atoms with Gasteiger partial charge < -0.3 is 9.84 Å². The molecule has 2 aromatic heterocycles. The quantitative estimate of drug-likeness (QED) is 0.317. The molecule has 4 heterocycles.